The maximum Gasteiger partial charge on any atom is 0.399 e. The second-order valence-corrected chi connectivity index (χ2v) is 13.9. The van der Waals surface area contributed by atoms with E-state index in [-0.39, 0.29) is 60.0 Å². The number of nitrogens with one attached hydrogen (secondary N) is 3. The lowest BCUT2D eigenvalue weighted by atomic mass is 9.98. The molecular weight excluding hydrogens is 629 g/mol. The summed E-state index contributed by atoms with van der Waals surface area (Å²) in [6.07, 6.45) is 1.68. The predicted octanol–water partition coefficient (Wildman–Crippen LogP) is 1.51. The van der Waals surface area contributed by atoms with Crippen molar-refractivity contribution in [2.45, 2.75) is 82.7 Å². The van der Waals surface area contributed by atoms with E-state index >= 15 is 0 Å². The van der Waals surface area contributed by atoms with Crippen LogP contribution in [0.5, 0.6) is 0 Å². The molecule has 2 aliphatic heterocycles. The lowest BCUT2D eigenvalue weighted by molar-refractivity contribution is -0.145. The van der Waals surface area contributed by atoms with Crippen molar-refractivity contribution in [3.8, 4) is 0 Å². The number of H-pyrrole nitrogens is 1. The third kappa shape index (κ3) is 7.39. The minimum absolute atomic E-state index is 0.0184. The third-order valence-electron chi connectivity index (χ3n) is 8.66. The van der Waals surface area contributed by atoms with Crippen molar-refractivity contribution in [2.75, 3.05) is 13.1 Å². The van der Waals surface area contributed by atoms with E-state index < -0.39 is 54.5 Å². The summed E-state index contributed by atoms with van der Waals surface area (Å²) < 4.78 is 39.9. The largest absolute Gasteiger partial charge is 0.399 e. The number of nitrogens with two attached hydrogens (primary N) is 1. The molecule has 5 amide bonds. The number of nitrogens with zero attached hydrogens (tertiary/aromatic N) is 2. The van der Waals surface area contributed by atoms with Crippen LogP contribution in [0.4, 0.5) is 8.78 Å². The minimum Gasteiger partial charge on any atom is -0.370 e. The molecule has 4 atom stereocenters. The summed E-state index contributed by atoms with van der Waals surface area (Å²) in [6.45, 7) is 5.22. The minimum atomic E-state index is -5.82. The molecule has 1 aromatic heterocycles. The van der Waals surface area contributed by atoms with E-state index in [4.69, 9.17) is 15.5 Å². The predicted molar refractivity (Wildman–Crippen MR) is 161 cm³/mol. The van der Waals surface area contributed by atoms with Crippen molar-refractivity contribution in [2.24, 2.45) is 11.7 Å². The van der Waals surface area contributed by atoms with Gasteiger partial charge in [-0.15, -0.1) is 0 Å². The molecule has 0 unspecified atom stereocenters. The van der Waals surface area contributed by atoms with Crippen LogP contribution in [-0.4, -0.2) is 91.4 Å². The summed E-state index contributed by atoms with van der Waals surface area (Å²) in [4.78, 5) is 88.5. The second-order valence-electron chi connectivity index (χ2n) is 12.2. The van der Waals surface area contributed by atoms with Crippen molar-refractivity contribution in [1.82, 2.24) is 25.4 Å². The number of fused-ring (bicyclic) bond motifs is 2. The van der Waals surface area contributed by atoms with Crippen LogP contribution in [0.2, 0.25) is 0 Å². The zero-order chi connectivity index (χ0) is 34.1. The molecule has 2 fully saturated rings. The van der Waals surface area contributed by atoms with Crippen molar-refractivity contribution in [3.05, 3.63) is 35.5 Å². The Hall–Kier alpha value is -3.88. The van der Waals surface area contributed by atoms with Gasteiger partial charge >= 0.3 is 13.3 Å². The fourth-order valence-corrected chi connectivity index (χ4v) is 6.50. The average molecular weight is 669 g/mol. The molecule has 0 saturated carbocycles. The molecule has 7 N–H and O–H groups in total. The molecule has 0 bridgehead atoms. The van der Waals surface area contributed by atoms with Gasteiger partial charge in [0.2, 0.25) is 23.6 Å². The molecule has 2 aromatic rings. The smallest absolute Gasteiger partial charge is 0.370 e. The standard InChI is InChI=1S/C29H39F2N6O8P/c1-15(2)20(7-9-25(32)39)34-27(41)24-8-5-19-10-11-36(16(3)38)14-23(28(42)37(19)24)35-26(40)22-13-17-12-18(4-6-21(17)33-22)29(30,31)46(43,44)45/h4,6,12-13,15,19-20,23-24,33H,5,7-11,14H2,1-3H3,(H2,32,39)(H,34,41)(H,35,40)(H2,43,44,45)/t19-,20+,23+,24+/m1/s1. The van der Waals surface area contributed by atoms with Crippen molar-refractivity contribution >= 4 is 48.0 Å². The van der Waals surface area contributed by atoms with E-state index in [9.17, 15) is 37.3 Å². The van der Waals surface area contributed by atoms with Crippen LogP contribution in [0, 0.1) is 5.92 Å². The van der Waals surface area contributed by atoms with Gasteiger partial charge in [0, 0.05) is 55.0 Å². The van der Waals surface area contributed by atoms with Gasteiger partial charge in [-0.1, -0.05) is 19.9 Å². The molecule has 0 spiro atoms. The van der Waals surface area contributed by atoms with E-state index in [2.05, 4.69) is 15.6 Å². The number of aromatic nitrogens is 1. The number of aromatic amines is 1. The zero-order valence-electron chi connectivity index (χ0n) is 25.7. The second kappa shape index (κ2) is 13.5. The Kier molecular flexibility index (Phi) is 10.2. The van der Waals surface area contributed by atoms with Crippen LogP contribution in [0.15, 0.2) is 24.3 Å². The van der Waals surface area contributed by atoms with E-state index in [1.807, 2.05) is 13.8 Å². The molecular formula is C29H39F2N6O8P. The Balaban J connectivity index is 1.58. The molecule has 2 saturated heterocycles. The SMILES string of the molecule is CC(=O)N1CC[C@H]2CC[C@@H](C(=O)N[C@@H](CCC(N)=O)C(C)C)N2C(=O)[C@@H](NC(=O)c2cc3cc(C(F)(F)P(=O)(O)O)ccc3[nH]2)C1. The highest BCUT2D eigenvalue weighted by Gasteiger charge is 2.50. The van der Waals surface area contributed by atoms with Crippen LogP contribution in [0.3, 0.4) is 0 Å². The maximum atomic E-state index is 14.3. The number of rotatable bonds is 10. The number of hydrogen-bond acceptors (Lipinski definition) is 6. The van der Waals surface area contributed by atoms with Gasteiger partial charge in [-0.05, 0) is 49.8 Å². The van der Waals surface area contributed by atoms with Gasteiger partial charge in [0.1, 0.15) is 17.8 Å². The molecule has 0 radical (unpaired) electrons. The van der Waals surface area contributed by atoms with Crippen LogP contribution >= 0.6 is 7.60 Å². The van der Waals surface area contributed by atoms with E-state index in [1.165, 1.54) is 22.8 Å². The number of benzene rings is 1. The molecule has 2 aliphatic rings. The highest BCUT2D eigenvalue weighted by Crippen LogP contribution is 2.59. The van der Waals surface area contributed by atoms with Gasteiger partial charge in [0.25, 0.3) is 5.91 Å². The maximum absolute atomic E-state index is 14.3. The molecule has 3 heterocycles. The summed E-state index contributed by atoms with van der Waals surface area (Å²) >= 11 is 0. The molecule has 46 heavy (non-hydrogen) atoms. The van der Waals surface area contributed by atoms with Crippen LogP contribution in [0.25, 0.3) is 10.9 Å². The monoisotopic (exact) mass is 668 g/mol. The fourth-order valence-electron chi connectivity index (χ4n) is 6.02. The number of hydrogen-bond donors (Lipinski definition) is 6. The van der Waals surface area contributed by atoms with Gasteiger partial charge < -0.3 is 40.9 Å². The number of carbonyl (C=O) groups is 5. The summed E-state index contributed by atoms with van der Waals surface area (Å²) in [5, 5.41) is 5.64. The number of carbonyl (C=O) groups excluding carboxylic acids is 5. The Morgan fingerprint density at radius 1 is 1.15 bits per heavy atom. The van der Waals surface area contributed by atoms with E-state index in [1.54, 1.807) is 0 Å². The lowest BCUT2D eigenvalue weighted by Gasteiger charge is -2.38. The molecule has 0 aliphatic carbocycles. The first-order valence-corrected chi connectivity index (χ1v) is 16.6. The number of amides is 5. The fraction of sp³-hybridized carbons (Fsp3) is 0.552. The van der Waals surface area contributed by atoms with Crippen LogP contribution < -0.4 is 16.4 Å². The van der Waals surface area contributed by atoms with Gasteiger partial charge in [-0.2, -0.15) is 8.78 Å². The van der Waals surface area contributed by atoms with Gasteiger partial charge in [-0.25, -0.2) is 0 Å². The van der Waals surface area contributed by atoms with Gasteiger partial charge in [0.05, 0.1) is 0 Å². The number of alkyl halides is 2. The third-order valence-corrected chi connectivity index (χ3v) is 9.65. The lowest BCUT2D eigenvalue weighted by Crippen LogP contribution is -2.61. The highest BCUT2D eigenvalue weighted by molar-refractivity contribution is 7.52. The Morgan fingerprint density at radius 3 is 2.46 bits per heavy atom. The molecule has 252 valence electrons. The topological polar surface area (TPSA) is 215 Å². The normalized spacial score (nSPS) is 21.5. The molecule has 4 rings (SSSR count). The van der Waals surface area contributed by atoms with Gasteiger partial charge in [0.15, 0.2) is 0 Å². The van der Waals surface area contributed by atoms with E-state index in [0.29, 0.717) is 25.7 Å². The first-order valence-electron chi connectivity index (χ1n) is 14.9. The Bertz CT molecular complexity index is 1580. The summed E-state index contributed by atoms with van der Waals surface area (Å²) in [5.74, 6) is -2.60. The number of primary amides is 1. The van der Waals surface area contributed by atoms with Crippen molar-refractivity contribution in [1.29, 1.82) is 0 Å². The van der Waals surface area contributed by atoms with Crippen LogP contribution in [0.1, 0.15) is 68.9 Å². The quantitative estimate of drug-likeness (QED) is 0.204. The first kappa shape index (κ1) is 35.0. The van der Waals surface area contributed by atoms with Crippen molar-refractivity contribution in [3.63, 3.8) is 0 Å². The number of halogens is 2. The summed E-state index contributed by atoms with van der Waals surface area (Å²) in [6, 6.07) is 1.18. The van der Waals surface area contributed by atoms with E-state index in [0.717, 1.165) is 18.2 Å². The summed E-state index contributed by atoms with van der Waals surface area (Å²) in [7, 11) is -5.82. The average Bonchev–Trinajstić information content (AvgIpc) is 3.58. The highest BCUT2D eigenvalue weighted by atomic mass is 31.2. The van der Waals surface area contributed by atoms with Crippen molar-refractivity contribution < 1.29 is 47.1 Å². The molecule has 14 nitrogen and oxygen atoms in total. The zero-order valence-corrected chi connectivity index (χ0v) is 26.6. The van der Waals surface area contributed by atoms with Gasteiger partial charge in [-0.3, -0.25) is 28.5 Å². The Morgan fingerprint density at radius 2 is 1.85 bits per heavy atom. The molecule has 1 aromatic carbocycles. The first-order chi connectivity index (χ1) is 21.4. The summed E-state index contributed by atoms with van der Waals surface area (Å²) in [5.41, 5.74) is -0.00283. The Labute approximate surface area is 263 Å². The molecule has 17 heteroatoms. The van der Waals surface area contributed by atoms with Crippen LogP contribution in [-0.2, 0) is 29.4 Å².